The van der Waals surface area contributed by atoms with Gasteiger partial charge in [0.05, 0.1) is 12.1 Å². The predicted octanol–water partition coefficient (Wildman–Crippen LogP) is 0.543. The van der Waals surface area contributed by atoms with Crippen molar-refractivity contribution in [1.82, 2.24) is 15.5 Å². The van der Waals surface area contributed by atoms with Crippen LogP contribution < -0.4 is 5.32 Å². The SMILES string of the molecule is Oc1ccc(-c2noc(C3CC(O)CN3)n2)cc1O. The monoisotopic (exact) mass is 263 g/mol. The van der Waals surface area contributed by atoms with Gasteiger partial charge in [0.25, 0.3) is 0 Å². The minimum atomic E-state index is -0.405. The van der Waals surface area contributed by atoms with Gasteiger partial charge in [0, 0.05) is 12.1 Å². The summed E-state index contributed by atoms with van der Waals surface area (Å²) < 4.78 is 5.14. The molecule has 100 valence electrons. The molecule has 7 heteroatoms. The first kappa shape index (κ1) is 11.9. The van der Waals surface area contributed by atoms with Crippen LogP contribution in [0, 0.1) is 0 Å². The van der Waals surface area contributed by atoms with Crippen LogP contribution in [0.3, 0.4) is 0 Å². The largest absolute Gasteiger partial charge is 0.504 e. The van der Waals surface area contributed by atoms with Crippen molar-refractivity contribution in [1.29, 1.82) is 0 Å². The number of hydrogen-bond donors (Lipinski definition) is 4. The summed E-state index contributed by atoms with van der Waals surface area (Å²) in [5, 5.41) is 35.0. The molecule has 1 fully saturated rings. The highest BCUT2D eigenvalue weighted by Gasteiger charge is 2.28. The minimum Gasteiger partial charge on any atom is -0.504 e. The fourth-order valence-corrected chi connectivity index (χ4v) is 2.06. The number of β-amino-alcohol motifs (C(OH)–C–C–N with tert-alkyl or cyclic N) is 1. The Kier molecular flexibility index (Phi) is 2.84. The van der Waals surface area contributed by atoms with E-state index in [0.29, 0.717) is 30.2 Å². The van der Waals surface area contributed by atoms with Crippen LogP contribution in [0.15, 0.2) is 22.7 Å². The zero-order valence-corrected chi connectivity index (χ0v) is 9.95. The first-order valence-corrected chi connectivity index (χ1v) is 5.91. The molecular weight excluding hydrogens is 250 g/mol. The van der Waals surface area contributed by atoms with Gasteiger partial charge in [-0.15, -0.1) is 0 Å². The van der Waals surface area contributed by atoms with Crippen molar-refractivity contribution >= 4 is 0 Å². The molecule has 7 nitrogen and oxygen atoms in total. The van der Waals surface area contributed by atoms with Gasteiger partial charge in [0.1, 0.15) is 0 Å². The first-order chi connectivity index (χ1) is 9.13. The number of nitrogens with zero attached hydrogens (tertiary/aromatic N) is 2. The van der Waals surface area contributed by atoms with E-state index in [2.05, 4.69) is 15.5 Å². The standard InChI is InChI=1S/C12H13N3O4/c16-7-4-8(13-5-7)12-14-11(15-19-12)6-1-2-9(17)10(18)3-6/h1-3,7-8,13,16-18H,4-5H2. The van der Waals surface area contributed by atoms with Crippen LogP contribution in [-0.2, 0) is 0 Å². The number of aromatic hydroxyl groups is 2. The molecule has 0 spiro atoms. The molecule has 0 radical (unpaired) electrons. The lowest BCUT2D eigenvalue weighted by Gasteiger charge is -2.01. The van der Waals surface area contributed by atoms with E-state index in [1.807, 2.05) is 0 Å². The minimum absolute atomic E-state index is 0.151. The highest BCUT2D eigenvalue weighted by molar-refractivity contribution is 5.59. The number of phenolic OH excluding ortho intramolecular Hbond substituents is 2. The molecule has 0 saturated carbocycles. The Hall–Kier alpha value is -2.12. The number of benzene rings is 1. The van der Waals surface area contributed by atoms with Gasteiger partial charge in [0.15, 0.2) is 11.5 Å². The van der Waals surface area contributed by atoms with Gasteiger partial charge in [-0.05, 0) is 24.6 Å². The third kappa shape index (κ3) is 2.25. The molecule has 2 aromatic rings. The summed E-state index contributed by atoms with van der Waals surface area (Å²) in [6.07, 6.45) is 0.126. The lowest BCUT2D eigenvalue weighted by molar-refractivity contribution is 0.191. The Balaban J connectivity index is 1.86. The van der Waals surface area contributed by atoms with Crippen molar-refractivity contribution in [2.24, 2.45) is 0 Å². The molecule has 2 atom stereocenters. The van der Waals surface area contributed by atoms with E-state index >= 15 is 0 Å². The van der Waals surface area contributed by atoms with Crippen LogP contribution in [-0.4, -0.2) is 38.1 Å². The third-order valence-electron chi connectivity index (χ3n) is 3.08. The van der Waals surface area contributed by atoms with Gasteiger partial charge in [-0.2, -0.15) is 4.98 Å². The molecular formula is C12H13N3O4. The van der Waals surface area contributed by atoms with E-state index in [0.717, 1.165) is 0 Å². The number of phenols is 2. The average molecular weight is 263 g/mol. The van der Waals surface area contributed by atoms with Gasteiger partial charge in [-0.1, -0.05) is 5.16 Å². The second-order valence-electron chi connectivity index (χ2n) is 4.51. The lowest BCUT2D eigenvalue weighted by Crippen LogP contribution is -2.15. The van der Waals surface area contributed by atoms with Gasteiger partial charge in [0.2, 0.25) is 11.7 Å². The van der Waals surface area contributed by atoms with E-state index < -0.39 is 6.10 Å². The molecule has 2 unspecified atom stereocenters. The van der Waals surface area contributed by atoms with E-state index in [1.165, 1.54) is 12.1 Å². The highest BCUT2D eigenvalue weighted by Crippen LogP contribution is 2.30. The zero-order valence-electron chi connectivity index (χ0n) is 9.95. The fraction of sp³-hybridized carbons (Fsp3) is 0.333. The quantitative estimate of drug-likeness (QED) is 0.585. The van der Waals surface area contributed by atoms with Crippen LogP contribution in [0.25, 0.3) is 11.4 Å². The molecule has 19 heavy (non-hydrogen) atoms. The first-order valence-electron chi connectivity index (χ1n) is 5.91. The maximum absolute atomic E-state index is 9.44. The van der Waals surface area contributed by atoms with Crippen molar-refractivity contribution in [3.8, 4) is 22.9 Å². The Labute approximate surface area is 108 Å². The van der Waals surface area contributed by atoms with E-state index in [9.17, 15) is 15.3 Å². The smallest absolute Gasteiger partial charge is 0.244 e. The van der Waals surface area contributed by atoms with E-state index in [1.54, 1.807) is 6.07 Å². The normalized spacial score (nSPS) is 22.8. The number of aliphatic hydroxyl groups excluding tert-OH is 1. The van der Waals surface area contributed by atoms with Crippen LogP contribution >= 0.6 is 0 Å². The molecule has 4 N–H and O–H groups in total. The highest BCUT2D eigenvalue weighted by atomic mass is 16.5. The van der Waals surface area contributed by atoms with Gasteiger partial charge in [-0.25, -0.2) is 0 Å². The predicted molar refractivity (Wildman–Crippen MR) is 64.4 cm³/mol. The van der Waals surface area contributed by atoms with Crippen molar-refractivity contribution in [3.05, 3.63) is 24.1 Å². The molecule has 1 aliphatic rings. The van der Waals surface area contributed by atoms with Crippen molar-refractivity contribution in [2.75, 3.05) is 6.54 Å². The number of hydrogen-bond acceptors (Lipinski definition) is 7. The summed E-state index contributed by atoms with van der Waals surface area (Å²) in [4.78, 5) is 4.22. The Morgan fingerprint density at radius 3 is 2.79 bits per heavy atom. The maximum Gasteiger partial charge on any atom is 0.244 e. The van der Waals surface area contributed by atoms with Crippen LogP contribution in [0.1, 0.15) is 18.4 Å². The summed E-state index contributed by atoms with van der Waals surface area (Å²) >= 11 is 0. The number of aliphatic hydroxyl groups is 1. The summed E-state index contributed by atoms with van der Waals surface area (Å²) in [5.41, 5.74) is 0.545. The van der Waals surface area contributed by atoms with Crippen LogP contribution in [0.4, 0.5) is 0 Å². The third-order valence-corrected chi connectivity index (χ3v) is 3.08. The van der Waals surface area contributed by atoms with Crippen molar-refractivity contribution in [3.63, 3.8) is 0 Å². The molecule has 1 aromatic heterocycles. The maximum atomic E-state index is 9.44. The average Bonchev–Trinajstić information content (AvgIpc) is 3.01. The summed E-state index contributed by atoms with van der Waals surface area (Å²) in [6, 6.07) is 4.15. The summed E-state index contributed by atoms with van der Waals surface area (Å²) in [7, 11) is 0. The molecule has 1 saturated heterocycles. The Morgan fingerprint density at radius 2 is 2.11 bits per heavy atom. The molecule has 0 amide bonds. The van der Waals surface area contributed by atoms with E-state index in [4.69, 9.17) is 4.52 Å². The Morgan fingerprint density at radius 1 is 1.26 bits per heavy atom. The van der Waals surface area contributed by atoms with Crippen LogP contribution in [0.2, 0.25) is 0 Å². The fourth-order valence-electron chi connectivity index (χ4n) is 2.06. The van der Waals surface area contributed by atoms with Crippen LogP contribution in [0.5, 0.6) is 11.5 Å². The number of rotatable bonds is 2. The summed E-state index contributed by atoms with van der Waals surface area (Å²) in [5.74, 6) is 0.291. The lowest BCUT2D eigenvalue weighted by atomic mass is 10.2. The topological polar surface area (TPSA) is 112 Å². The van der Waals surface area contributed by atoms with Gasteiger partial charge in [-0.3, -0.25) is 0 Å². The molecule has 3 rings (SSSR count). The number of nitrogens with one attached hydrogen (secondary N) is 1. The van der Waals surface area contributed by atoms with E-state index in [-0.39, 0.29) is 17.5 Å². The molecule has 0 aliphatic carbocycles. The number of aromatic nitrogens is 2. The summed E-state index contributed by atoms with van der Waals surface area (Å²) in [6.45, 7) is 0.502. The molecule has 2 heterocycles. The van der Waals surface area contributed by atoms with Gasteiger partial charge < -0.3 is 25.2 Å². The second kappa shape index (κ2) is 4.52. The van der Waals surface area contributed by atoms with Gasteiger partial charge >= 0.3 is 0 Å². The molecule has 1 aromatic carbocycles. The Bertz CT molecular complexity index is 598. The second-order valence-corrected chi connectivity index (χ2v) is 4.51. The van der Waals surface area contributed by atoms with Crippen molar-refractivity contribution in [2.45, 2.75) is 18.6 Å². The molecule has 0 bridgehead atoms. The molecule has 1 aliphatic heterocycles. The van der Waals surface area contributed by atoms with Crippen molar-refractivity contribution < 1.29 is 19.8 Å². The zero-order chi connectivity index (χ0) is 13.4.